The van der Waals surface area contributed by atoms with Gasteiger partial charge in [-0.3, -0.25) is 10.1 Å². The molecule has 0 unspecified atom stereocenters. The molecule has 1 aromatic heterocycles. The Morgan fingerprint density at radius 2 is 2.18 bits per heavy atom. The Hall–Kier alpha value is -0.790. The molecule has 1 aromatic carbocycles. The summed E-state index contributed by atoms with van der Waals surface area (Å²) < 4.78 is 14.7. The summed E-state index contributed by atoms with van der Waals surface area (Å²) in [4.78, 5) is 15.7. The molecule has 0 bridgehead atoms. The molecule has 0 saturated heterocycles. The summed E-state index contributed by atoms with van der Waals surface area (Å²) in [6.45, 7) is 0. The van der Waals surface area contributed by atoms with Gasteiger partial charge < -0.3 is 0 Å². The minimum Gasteiger partial charge on any atom is -0.298 e. The molecule has 7 heteroatoms. The Morgan fingerprint density at radius 3 is 2.82 bits per heavy atom. The summed E-state index contributed by atoms with van der Waals surface area (Å²) in [6, 6.07) is 4.55. The van der Waals surface area contributed by atoms with Gasteiger partial charge in [0.1, 0.15) is 5.82 Å². The molecule has 3 nitrogen and oxygen atoms in total. The zero-order valence-corrected chi connectivity index (χ0v) is 12.2. The Labute approximate surface area is 117 Å². The Morgan fingerprint density at radius 1 is 1.41 bits per heavy atom. The van der Waals surface area contributed by atoms with Crippen LogP contribution in [0.15, 0.2) is 32.7 Å². The average molecular weight is 380 g/mol. The van der Waals surface area contributed by atoms with Crippen molar-refractivity contribution in [2.45, 2.75) is 0 Å². The van der Waals surface area contributed by atoms with Gasteiger partial charge >= 0.3 is 0 Å². The van der Waals surface area contributed by atoms with Crippen LogP contribution < -0.4 is 5.32 Å². The Bertz CT molecular complexity index is 573. The van der Waals surface area contributed by atoms with Crippen molar-refractivity contribution in [2.75, 3.05) is 5.32 Å². The van der Waals surface area contributed by atoms with Crippen LogP contribution in [0.1, 0.15) is 10.4 Å². The van der Waals surface area contributed by atoms with Gasteiger partial charge in [-0.2, -0.15) is 0 Å². The monoisotopic (exact) mass is 378 g/mol. The van der Waals surface area contributed by atoms with Crippen LogP contribution in [0, 0.1) is 5.82 Å². The Kier molecular flexibility index (Phi) is 3.90. The minimum atomic E-state index is -0.583. The van der Waals surface area contributed by atoms with E-state index >= 15 is 0 Å². The molecule has 1 amide bonds. The Balaban J connectivity index is 2.23. The summed E-state index contributed by atoms with van der Waals surface area (Å²) in [7, 11) is 0. The second kappa shape index (κ2) is 5.24. The lowest BCUT2D eigenvalue weighted by Crippen LogP contribution is -2.13. The smallest absolute Gasteiger partial charge is 0.260 e. The maximum Gasteiger partial charge on any atom is 0.260 e. The SMILES string of the molecule is O=C(Nc1ncc(Br)s1)c1cccc(Br)c1F. The summed E-state index contributed by atoms with van der Waals surface area (Å²) in [5, 5.41) is 2.94. The van der Waals surface area contributed by atoms with Crippen LogP contribution in [-0.4, -0.2) is 10.9 Å². The molecule has 0 atom stereocenters. The zero-order chi connectivity index (χ0) is 12.4. The quantitative estimate of drug-likeness (QED) is 0.854. The van der Waals surface area contributed by atoms with Crippen molar-refractivity contribution in [1.29, 1.82) is 0 Å². The van der Waals surface area contributed by atoms with Gasteiger partial charge in [0.15, 0.2) is 5.13 Å². The molecule has 0 radical (unpaired) electrons. The fourth-order valence-electron chi connectivity index (χ4n) is 1.16. The lowest BCUT2D eigenvalue weighted by Gasteiger charge is -2.03. The summed E-state index contributed by atoms with van der Waals surface area (Å²) >= 11 is 7.52. The average Bonchev–Trinajstić information content (AvgIpc) is 2.68. The van der Waals surface area contributed by atoms with Crippen molar-refractivity contribution in [3.05, 3.63) is 44.0 Å². The molecule has 0 aliphatic carbocycles. The second-order valence-corrected chi connectivity index (χ2v) is 6.29. The fourth-order valence-corrected chi connectivity index (χ4v) is 2.62. The van der Waals surface area contributed by atoms with Crippen LogP contribution in [0.4, 0.5) is 9.52 Å². The predicted molar refractivity (Wildman–Crippen MR) is 71.9 cm³/mol. The predicted octanol–water partition coefficient (Wildman–Crippen LogP) is 4.06. The largest absolute Gasteiger partial charge is 0.298 e. The number of anilines is 1. The van der Waals surface area contributed by atoms with E-state index in [4.69, 9.17) is 0 Å². The number of rotatable bonds is 2. The second-order valence-electron chi connectivity index (χ2n) is 3.03. The number of nitrogens with zero attached hydrogens (tertiary/aromatic N) is 1. The van der Waals surface area contributed by atoms with Crippen molar-refractivity contribution < 1.29 is 9.18 Å². The standard InChI is InChI=1S/C10H5Br2FN2OS/c11-6-3-1-2-5(8(6)13)9(16)15-10-14-4-7(12)17-10/h1-4H,(H,14,15,16). The van der Waals surface area contributed by atoms with Crippen LogP contribution in [0.2, 0.25) is 0 Å². The van der Waals surface area contributed by atoms with Crippen LogP contribution in [-0.2, 0) is 0 Å². The van der Waals surface area contributed by atoms with Gasteiger partial charge in [0.05, 0.1) is 20.0 Å². The number of nitrogens with one attached hydrogen (secondary N) is 1. The summed E-state index contributed by atoms with van der Waals surface area (Å²) in [5.74, 6) is -1.11. The van der Waals surface area contributed by atoms with Crippen LogP contribution in [0.5, 0.6) is 0 Å². The number of benzene rings is 1. The topological polar surface area (TPSA) is 42.0 Å². The van der Waals surface area contributed by atoms with Gasteiger partial charge in [0, 0.05) is 0 Å². The molecule has 17 heavy (non-hydrogen) atoms. The van der Waals surface area contributed by atoms with E-state index in [1.807, 2.05) is 0 Å². The lowest BCUT2D eigenvalue weighted by molar-refractivity contribution is 0.102. The van der Waals surface area contributed by atoms with Gasteiger partial charge in [-0.25, -0.2) is 9.37 Å². The van der Waals surface area contributed by atoms with E-state index in [-0.39, 0.29) is 10.0 Å². The number of hydrogen-bond acceptors (Lipinski definition) is 3. The van der Waals surface area contributed by atoms with Gasteiger partial charge in [-0.05, 0) is 44.0 Å². The van der Waals surface area contributed by atoms with Crippen LogP contribution >= 0.6 is 43.2 Å². The molecule has 0 aliphatic heterocycles. The first kappa shape index (κ1) is 12.7. The van der Waals surface area contributed by atoms with Gasteiger partial charge in [0.25, 0.3) is 5.91 Å². The third-order valence-corrected chi connectivity index (χ3v) is 3.90. The molecule has 1 N–H and O–H groups in total. The number of amides is 1. The van der Waals surface area contributed by atoms with Crippen molar-refractivity contribution in [2.24, 2.45) is 0 Å². The minimum absolute atomic E-state index is 0.0225. The molecule has 0 aliphatic rings. The molecule has 2 aromatic rings. The van der Waals surface area contributed by atoms with Crippen molar-refractivity contribution in [1.82, 2.24) is 4.98 Å². The molecule has 2 rings (SSSR count). The van der Waals surface area contributed by atoms with Crippen molar-refractivity contribution >= 4 is 54.2 Å². The van der Waals surface area contributed by atoms with E-state index < -0.39 is 11.7 Å². The molecular weight excluding hydrogens is 375 g/mol. The molecular formula is C10H5Br2FN2OS. The highest BCUT2D eigenvalue weighted by atomic mass is 79.9. The van der Waals surface area contributed by atoms with E-state index in [0.29, 0.717) is 5.13 Å². The van der Waals surface area contributed by atoms with Crippen LogP contribution in [0.3, 0.4) is 0 Å². The van der Waals surface area contributed by atoms with E-state index in [0.717, 1.165) is 3.79 Å². The molecule has 0 spiro atoms. The number of hydrogen-bond donors (Lipinski definition) is 1. The van der Waals surface area contributed by atoms with E-state index in [2.05, 4.69) is 42.2 Å². The normalized spacial score (nSPS) is 10.3. The summed E-state index contributed by atoms with van der Waals surface area (Å²) in [5.41, 5.74) is -0.0225. The number of halogens is 3. The van der Waals surface area contributed by atoms with Gasteiger partial charge in [0.2, 0.25) is 0 Å². The fraction of sp³-hybridized carbons (Fsp3) is 0. The lowest BCUT2D eigenvalue weighted by atomic mass is 10.2. The first-order chi connectivity index (χ1) is 8.08. The maximum absolute atomic E-state index is 13.6. The van der Waals surface area contributed by atoms with Gasteiger partial charge in [-0.1, -0.05) is 17.4 Å². The number of aromatic nitrogens is 1. The molecule has 0 fully saturated rings. The third kappa shape index (κ3) is 2.91. The van der Waals surface area contributed by atoms with Crippen LogP contribution in [0.25, 0.3) is 0 Å². The van der Waals surface area contributed by atoms with Crippen molar-refractivity contribution in [3.8, 4) is 0 Å². The number of carbonyl (C=O) groups excluding carboxylic acids is 1. The third-order valence-electron chi connectivity index (χ3n) is 1.89. The van der Waals surface area contributed by atoms with Crippen molar-refractivity contribution in [3.63, 3.8) is 0 Å². The molecule has 0 saturated carbocycles. The summed E-state index contributed by atoms with van der Waals surface area (Å²) in [6.07, 6.45) is 1.57. The maximum atomic E-state index is 13.6. The molecule has 1 heterocycles. The highest BCUT2D eigenvalue weighted by Crippen LogP contribution is 2.24. The van der Waals surface area contributed by atoms with E-state index in [1.54, 1.807) is 12.3 Å². The number of thiazole rings is 1. The first-order valence-electron chi connectivity index (χ1n) is 4.44. The zero-order valence-electron chi connectivity index (χ0n) is 8.21. The molecule has 88 valence electrons. The van der Waals surface area contributed by atoms with Gasteiger partial charge in [-0.15, -0.1) is 0 Å². The highest BCUT2D eigenvalue weighted by molar-refractivity contribution is 9.11. The highest BCUT2D eigenvalue weighted by Gasteiger charge is 2.15. The van der Waals surface area contributed by atoms with E-state index in [1.165, 1.54) is 23.5 Å². The van der Waals surface area contributed by atoms with E-state index in [9.17, 15) is 9.18 Å². The first-order valence-corrected chi connectivity index (χ1v) is 6.85. The number of carbonyl (C=O) groups is 1.